The molecule has 106 valence electrons. The summed E-state index contributed by atoms with van der Waals surface area (Å²) in [5.74, 6) is 0. The van der Waals surface area contributed by atoms with Gasteiger partial charge in [-0.25, -0.2) is 0 Å². The molecule has 3 heteroatoms. The van der Waals surface area contributed by atoms with Crippen molar-refractivity contribution in [2.75, 3.05) is 5.73 Å². The fourth-order valence-corrected chi connectivity index (χ4v) is 2.50. The first-order chi connectivity index (χ1) is 9.56. The molecule has 0 aromatic heterocycles. The first kappa shape index (κ1) is 15.3. The van der Waals surface area contributed by atoms with Crippen molar-refractivity contribution < 1.29 is 0 Å². The van der Waals surface area contributed by atoms with Gasteiger partial charge in [0.15, 0.2) is 0 Å². The van der Waals surface area contributed by atoms with Gasteiger partial charge in [-0.1, -0.05) is 30.3 Å². The van der Waals surface area contributed by atoms with Gasteiger partial charge in [-0.15, -0.1) is 0 Å². The number of para-hydroxylation sites is 1. The molecule has 2 aromatic rings. The lowest BCUT2D eigenvalue weighted by atomic mass is 10.1. The highest BCUT2D eigenvalue weighted by atomic mass is 127. The molecule has 0 aliphatic rings. The fourth-order valence-electron chi connectivity index (χ4n) is 2.14. The van der Waals surface area contributed by atoms with Gasteiger partial charge in [-0.2, -0.15) is 0 Å². The molecule has 0 radical (unpaired) electrons. The molecule has 0 fully saturated rings. The number of anilines is 1. The van der Waals surface area contributed by atoms with Gasteiger partial charge in [0, 0.05) is 28.4 Å². The Bertz CT molecular complexity index is 549. The molecule has 0 atom stereocenters. The summed E-state index contributed by atoms with van der Waals surface area (Å²) in [6.45, 7) is 6.29. The molecule has 0 bridgehead atoms. The van der Waals surface area contributed by atoms with Crippen LogP contribution < -0.4 is 5.73 Å². The molecular weight excluding hydrogens is 359 g/mol. The lowest BCUT2D eigenvalue weighted by molar-refractivity contribution is 0.204. The third-order valence-electron chi connectivity index (χ3n) is 3.46. The summed E-state index contributed by atoms with van der Waals surface area (Å²) in [4.78, 5) is 2.44. The summed E-state index contributed by atoms with van der Waals surface area (Å²) >= 11 is 2.34. The van der Waals surface area contributed by atoms with Crippen LogP contribution in [0.4, 0.5) is 5.69 Å². The topological polar surface area (TPSA) is 29.3 Å². The lowest BCUT2D eigenvalue weighted by Gasteiger charge is -2.27. The van der Waals surface area contributed by atoms with E-state index in [1.807, 2.05) is 12.1 Å². The van der Waals surface area contributed by atoms with Crippen molar-refractivity contribution in [3.8, 4) is 0 Å². The van der Waals surface area contributed by atoms with Gasteiger partial charge in [0.1, 0.15) is 0 Å². The van der Waals surface area contributed by atoms with Gasteiger partial charge >= 0.3 is 0 Å². The number of hydrogen-bond acceptors (Lipinski definition) is 2. The van der Waals surface area contributed by atoms with E-state index in [4.69, 9.17) is 5.73 Å². The molecule has 2 aromatic carbocycles. The van der Waals surface area contributed by atoms with Crippen molar-refractivity contribution in [1.29, 1.82) is 0 Å². The second-order valence-corrected chi connectivity index (χ2v) is 6.57. The minimum atomic E-state index is 0.480. The van der Waals surface area contributed by atoms with Crippen LogP contribution in [0.2, 0.25) is 0 Å². The maximum atomic E-state index is 6.05. The third kappa shape index (κ3) is 4.21. The van der Waals surface area contributed by atoms with Crippen molar-refractivity contribution in [3.05, 3.63) is 63.2 Å². The van der Waals surface area contributed by atoms with Gasteiger partial charge in [-0.3, -0.25) is 4.90 Å². The van der Waals surface area contributed by atoms with Gasteiger partial charge in [0.2, 0.25) is 0 Å². The predicted molar refractivity (Wildman–Crippen MR) is 94.4 cm³/mol. The van der Waals surface area contributed by atoms with Crippen LogP contribution in [0.3, 0.4) is 0 Å². The van der Waals surface area contributed by atoms with Crippen molar-refractivity contribution >= 4 is 28.3 Å². The zero-order chi connectivity index (χ0) is 14.5. The summed E-state index contributed by atoms with van der Waals surface area (Å²) in [7, 11) is 0. The molecule has 0 saturated carbocycles. The molecule has 0 amide bonds. The highest BCUT2D eigenvalue weighted by Crippen LogP contribution is 2.18. The van der Waals surface area contributed by atoms with E-state index in [0.717, 1.165) is 18.8 Å². The van der Waals surface area contributed by atoms with Crippen molar-refractivity contribution in [1.82, 2.24) is 4.90 Å². The minimum Gasteiger partial charge on any atom is -0.398 e. The van der Waals surface area contributed by atoms with Gasteiger partial charge in [0.05, 0.1) is 0 Å². The van der Waals surface area contributed by atoms with Crippen LogP contribution in [-0.4, -0.2) is 10.9 Å². The highest BCUT2D eigenvalue weighted by Gasteiger charge is 2.12. The van der Waals surface area contributed by atoms with Crippen LogP contribution in [0, 0.1) is 3.57 Å². The molecular formula is C17H21IN2. The Morgan fingerprint density at radius 1 is 1.00 bits per heavy atom. The van der Waals surface area contributed by atoms with E-state index in [9.17, 15) is 0 Å². The third-order valence-corrected chi connectivity index (χ3v) is 4.18. The van der Waals surface area contributed by atoms with E-state index in [1.54, 1.807) is 0 Å². The summed E-state index contributed by atoms with van der Waals surface area (Å²) in [5.41, 5.74) is 9.47. The standard InChI is InChI=1S/C17H21IN2/c1-13(2)20(11-14-7-9-16(18)10-8-14)12-15-5-3-4-6-17(15)19/h3-10,13H,11-12,19H2,1-2H3. The van der Waals surface area contributed by atoms with Crippen LogP contribution in [0.25, 0.3) is 0 Å². The van der Waals surface area contributed by atoms with E-state index in [2.05, 4.69) is 77.7 Å². The zero-order valence-electron chi connectivity index (χ0n) is 12.0. The van der Waals surface area contributed by atoms with E-state index in [-0.39, 0.29) is 0 Å². The predicted octanol–water partition coefficient (Wildman–Crippen LogP) is 4.28. The second kappa shape index (κ2) is 7.09. The summed E-state index contributed by atoms with van der Waals surface area (Å²) in [6.07, 6.45) is 0. The number of benzene rings is 2. The molecule has 2 N–H and O–H groups in total. The molecule has 2 rings (SSSR count). The van der Waals surface area contributed by atoms with E-state index >= 15 is 0 Å². The fraction of sp³-hybridized carbons (Fsp3) is 0.294. The van der Waals surface area contributed by atoms with Crippen LogP contribution in [0.1, 0.15) is 25.0 Å². The van der Waals surface area contributed by atoms with Gasteiger partial charge in [0.25, 0.3) is 0 Å². The Morgan fingerprint density at radius 3 is 2.25 bits per heavy atom. The maximum absolute atomic E-state index is 6.05. The number of hydrogen-bond donors (Lipinski definition) is 1. The monoisotopic (exact) mass is 380 g/mol. The number of nitrogen functional groups attached to an aromatic ring is 1. The molecule has 0 unspecified atom stereocenters. The summed E-state index contributed by atoms with van der Waals surface area (Å²) in [5, 5.41) is 0. The molecule has 2 nitrogen and oxygen atoms in total. The van der Waals surface area contributed by atoms with Crippen LogP contribution >= 0.6 is 22.6 Å². The summed E-state index contributed by atoms with van der Waals surface area (Å²) in [6, 6.07) is 17.3. The van der Waals surface area contributed by atoms with E-state index in [0.29, 0.717) is 6.04 Å². The van der Waals surface area contributed by atoms with Gasteiger partial charge < -0.3 is 5.73 Å². The van der Waals surface area contributed by atoms with E-state index < -0.39 is 0 Å². The zero-order valence-corrected chi connectivity index (χ0v) is 14.2. The SMILES string of the molecule is CC(C)N(Cc1ccc(I)cc1)Cc1ccccc1N. The molecule has 20 heavy (non-hydrogen) atoms. The number of nitrogens with zero attached hydrogens (tertiary/aromatic N) is 1. The molecule has 0 saturated heterocycles. The number of halogens is 1. The van der Waals surface area contributed by atoms with E-state index in [1.165, 1.54) is 14.7 Å². The Kier molecular flexibility index (Phi) is 5.43. The summed E-state index contributed by atoms with van der Waals surface area (Å²) < 4.78 is 1.27. The average molecular weight is 380 g/mol. The lowest BCUT2D eigenvalue weighted by Crippen LogP contribution is -2.30. The average Bonchev–Trinajstić information content (AvgIpc) is 2.42. The minimum absolute atomic E-state index is 0.480. The maximum Gasteiger partial charge on any atom is 0.0359 e. The Labute approximate surface area is 135 Å². The van der Waals surface area contributed by atoms with Crippen molar-refractivity contribution in [2.24, 2.45) is 0 Å². The molecule has 0 spiro atoms. The van der Waals surface area contributed by atoms with Crippen LogP contribution in [0.5, 0.6) is 0 Å². The smallest absolute Gasteiger partial charge is 0.0359 e. The quantitative estimate of drug-likeness (QED) is 0.620. The van der Waals surface area contributed by atoms with Crippen LogP contribution in [0.15, 0.2) is 48.5 Å². The molecule has 0 aliphatic carbocycles. The highest BCUT2D eigenvalue weighted by molar-refractivity contribution is 14.1. The van der Waals surface area contributed by atoms with Crippen molar-refractivity contribution in [3.63, 3.8) is 0 Å². The molecule has 0 aliphatic heterocycles. The normalized spacial score (nSPS) is 11.2. The van der Waals surface area contributed by atoms with Crippen LogP contribution in [-0.2, 0) is 13.1 Å². The first-order valence-electron chi connectivity index (χ1n) is 6.88. The Hall–Kier alpha value is -1.07. The molecule has 0 heterocycles. The first-order valence-corrected chi connectivity index (χ1v) is 7.96. The second-order valence-electron chi connectivity index (χ2n) is 5.32. The van der Waals surface area contributed by atoms with Gasteiger partial charge in [-0.05, 0) is 65.8 Å². The van der Waals surface area contributed by atoms with Crippen molar-refractivity contribution in [2.45, 2.75) is 33.0 Å². The number of nitrogens with two attached hydrogens (primary N) is 1. The number of rotatable bonds is 5. The Balaban J connectivity index is 2.11. The largest absolute Gasteiger partial charge is 0.398 e. The Morgan fingerprint density at radius 2 is 1.65 bits per heavy atom.